The number of nitrogens with one attached hydrogen (secondary N) is 2. The zero-order valence-electron chi connectivity index (χ0n) is 20.9. The Hall–Kier alpha value is -3.43. The predicted molar refractivity (Wildman–Crippen MR) is 146 cm³/mol. The van der Waals surface area contributed by atoms with Crippen LogP contribution >= 0.6 is 11.8 Å². The lowest BCUT2D eigenvalue weighted by molar-refractivity contribution is 0.0952. The Bertz CT molecular complexity index is 1270. The summed E-state index contributed by atoms with van der Waals surface area (Å²) in [4.78, 5) is 22.1. The molecule has 2 heterocycles. The fraction of sp³-hybridized carbons (Fsp3) is 0.333. The minimum absolute atomic E-state index is 0.116. The first-order valence-corrected chi connectivity index (χ1v) is 13.1. The number of amides is 1. The van der Waals surface area contributed by atoms with Gasteiger partial charge in [-0.25, -0.2) is 14.6 Å². The van der Waals surface area contributed by atoms with Crippen molar-refractivity contribution in [1.29, 1.82) is 0 Å². The molecule has 0 saturated carbocycles. The van der Waals surface area contributed by atoms with Crippen LogP contribution < -0.4 is 10.6 Å². The van der Waals surface area contributed by atoms with Crippen LogP contribution in [0, 0.1) is 0 Å². The van der Waals surface area contributed by atoms with E-state index in [4.69, 9.17) is 14.7 Å². The number of thioether (sulfide) groups is 1. The van der Waals surface area contributed by atoms with Gasteiger partial charge in [0, 0.05) is 30.5 Å². The van der Waals surface area contributed by atoms with Crippen LogP contribution in [-0.2, 0) is 11.3 Å². The van der Waals surface area contributed by atoms with Crippen molar-refractivity contribution < 1.29 is 9.53 Å². The van der Waals surface area contributed by atoms with E-state index in [-0.39, 0.29) is 5.91 Å². The van der Waals surface area contributed by atoms with E-state index in [9.17, 15) is 4.79 Å². The molecule has 0 bridgehead atoms. The average molecular weight is 505 g/mol. The van der Waals surface area contributed by atoms with Crippen molar-refractivity contribution in [2.45, 2.75) is 37.7 Å². The highest BCUT2D eigenvalue weighted by molar-refractivity contribution is 7.99. The molecule has 0 spiro atoms. The number of hydrogen-bond acceptors (Lipinski definition) is 7. The molecule has 36 heavy (non-hydrogen) atoms. The lowest BCUT2D eigenvalue weighted by Gasteiger charge is -2.11. The van der Waals surface area contributed by atoms with E-state index in [1.54, 1.807) is 18.0 Å². The maximum Gasteiger partial charge on any atom is 0.251 e. The van der Waals surface area contributed by atoms with Crippen molar-refractivity contribution in [3.63, 3.8) is 0 Å². The quantitative estimate of drug-likeness (QED) is 0.161. The summed E-state index contributed by atoms with van der Waals surface area (Å²) in [5.74, 6) is 0.631. The van der Waals surface area contributed by atoms with Gasteiger partial charge in [-0.15, -0.1) is 0 Å². The number of rotatable bonds is 12. The number of anilines is 1. The van der Waals surface area contributed by atoms with Gasteiger partial charge in [0.2, 0.25) is 0 Å². The molecule has 0 unspecified atom stereocenters. The molecular weight excluding hydrogens is 472 g/mol. The molecule has 9 heteroatoms. The first-order chi connectivity index (χ1) is 17.5. The average Bonchev–Trinajstić information content (AvgIpc) is 3.29. The molecule has 0 aliphatic rings. The van der Waals surface area contributed by atoms with Crippen molar-refractivity contribution in [3.05, 3.63) is 66.4 Å². The van der Waals surface area contributed by atoms with E-state index >= 15 is 0 Å². The molecule has 0 fully saturated rings. The minimum Gasteiger partial charge on any atom is -0.380 e. The highest BCUT2D eigenvalue weighted by Gasteiger charge is 2.15. The van der Waals surface area contributed by atoms with Crippen molar-refractivity contribution in [1.82, 2.24) is 25.1 Å². The molecule has 2 aromatic heterocycles. The molecule has 0 aliphatic carbocycles. The minimum atomic E-state index is -0.116. The highest BCUT2D eigenvalue weighted by Crippen LogP contribution is 2.26. The van der Waals surface area contributed by atoms with Gasteiger partial charge in [0.15, 0.2) is 10.8 Å². The molecular formula is C27H32N6O2S. The zero-order valence-corrected chi connectivity index (χ0v) is 21.7. The Labute approximate surface area is 215 Å². The third-order valence-electron chi connectivity index (χ3n) is 5.42. The van der Waals surface area contributed by atoms with E-state index in [1.165, 1.54) is 0 Å². The van der Waals surface area contributed by atoms with Crippen molar-refractivity contribution in [3.8, 4) is 11.1 Å². The van der Waals surface area contributed by atoms with Crippen LogP contribution in [0.15, 0.2) is 66.0 Å². The monoisotopic (exact) mass is 504 g/mol. The number of hydrogen-bond donors (Lipinski definition) is 2. The maximum absolute atomic E-state index is 12.7. The van der Waals surface area contributed by atoms with Crippen molar-refractivity contribution >= 4 is 34.5 Å². The fourth-order valence-electron chi connectivity index (χ4n) is 3.71. The first-order valence-electron chi connectivity index (χ1n) is 12.2. The fourth-order valence-corrected chi connectivity index (χ4v) is 4.41. The molecule has 0 radical (unpaired) electrons. The van der Waals surface area contributed by atoms with E-state index in [0.29, 0.717) is 48.8 Å². The number of benzene rings is 2. The van der Waals surface area contributed by atoms with Gasteiger partial charge in [0.05, 0.1) is 24.7 Å². The Morgan fingerprint density at radius 1 is 1.03 bits per heavy atom. The van der Waals surface area contributed by atoms with Gasteiger partial charge in [0.1, 0.15) is 5.82 Å². The lowest BCUT2D eigenvalue weighted by Crippen LogP contribution is -2.27. The van der Waals surface area contributed by atoms with Gasteiger partial charge < -0.3 is 15.4 Å². The molecule has 4 aromatic rings. The second kappa shape index (κ2) is 12.5. The number of nitrogens with zero attached hydrogens (tertiary/aromatic N) is 4. The summed E-state index contributed by atoms with van der Waals surface area (Å²) < 4.78 is 7.25. The molecule has 0 aliphatic heterocycles. The largest absolute Gasteiger partial charge is 0.380 e. The van der Waals surface area contributed by atoms with Crippen molar-refractivity contribution in [2.75, 3.05) is 31.6 Å². The number of carbonyl (C=O) groups excluding carboxylic acids is 1. The summed E-state index contributed by atoms with van der Waals surface area (Å²) in [5.41, 5.74) is 3.57. The lowest BCUT2D eigenvalue weighted by atomic mass is 10.0. The molecule has 0 saturated heterocycles. The van der Waals surface area contributed by atoms with Crippen LogP contribution in [-0.4, -0.2) is 57.2 Å². The van der Waals surface area contributed by atoms with Crippen LogP contribution in [0.25, 0.3) is 22.2 Å². The number of carbonyl (C=O) groups is 1. The summed E-state index contributed by atoms with van der Waals surface area (Å²) in [6.45, 7) is 9.05. The second-order valence-corrected chi connectivity index (χ2v) is 9.99. The SMILES string of the molecule is CCOCCNc1nc(SC(C)C)nc2c1cnn2CCNC(=O)c1ccc(-c2ccccc2)cc1. The van der Waals surface area contributed by atoms with Gasteiger partial charge in [-0.3, -0.25) is 4.79 Å². The summed E-state index contributed by atoms with van der Waals surface area (Å²) in [7, 11) is 0. The van der Waals surface area contributed by atoms with Gasteiger partial charge in [-0.2, -0.15) is 5.10 Å². The van der Waals surface area contributed by atoms with E-state index < -0.39 is 0 Å². The summed E-state index contributed by atoms with van der Waals surface area (Å²) in [6, 6.07) is 17.7. The van der Waals surface area contributed by atoms with Crippen LogP contribution in [0.2, 0.25) is 0 Å². The van der Waals surface area contributed by atoms with Crippen LogP contribution in [0.5, 0.6) is 0 Å². The summed E-state index contributed by atoms with van der Waals surface area (Å²) in [6.07, 6.45) is 1.77. The smallest absolute Gasteiger partial charge is 0.251 e. The van der Waals surface area contributed by atoms with Gasteiger partial charge in [0.25, 0.3) is 5.91 Å². The molecule has 8 nitrogen and oxygen atoms in total. The molecule has 4 rings (SSSR count). The first kappa shape index (κ1) is 25.7. The molecule has 1 amide bonds. The second-order valence-electron chi connectivity index (χ2n) is 8.45. The van der Waals surface area contributed by atoms with Gasteiger partial charge in [-0.05, 0) is 30.2 Å². The Balaban J connectivity index is 1.42. The number of aromatic nitrogens is 4. The topological polar surface area (TPSA) is 94.0 Å². The Morgan fingerprint density at radius 2 is 1.78 bits per heavy atom. The summed E-state index contributed by atoms with van der Waals surface area (Å²) >= 11 is 1.60. The van der Waals surface area contributed by atoms with E-state index in [0.717, 1.165) is 28.0 Å². The molecule has 2 N–H and O–H groups in total. The molecule has 188 valence electrons. The van der Waals surface area contributed by atoms with Crippen LogP contribution in [0.4, 0.5) is 5.82 Å². The van der Waals surface area contributed by atoms with Crippen LogP contribution in [0.1, 0.15) is 31.1 Å². The van der Waals surface area contributed by atoms with E-state index in [2.05, 4.69) is 41.7 Å². The van der Waals surface area contributed by atoms with Gasteiger partial charge in [-0.1, -0.05) is 68.1 Å². The summed E-state index contributed by atoms with van der Waals surface area (Å²) in [5, 5.41) is 12.8. The molecule has 2 aromatic carbocycles. The third-order valence-corrected chi connectivity index (χ3v) is 6.29. The Kier molecular flexibility index (Phi) is 8.91. The third kappa shape index (κ3) is 6.61. The van der Waals surface area contributed by atoms with Crippen molar-refractivity contribution in [2.24, 2.45) is 0 Å². The standard InChI is InChI=1S/C27H32N6O2S/c1-4-35-17-15-28-24-23-18-30-33(25(23)32-27(31-24)36-19(2)3)16-14-29-26(34)22-12-10-21(11-13-22)20-8-6-5-7-9-20/h5-13,18-19H,4,14-17H2,1-3H3,(H,29,34)(H,28,31,32). The zero-order chi connectivity index (χ0) is 25.3. The Morgan fingerprint density at radius 3 is 2.50 bits per heavy atom. The van der Waals surface area contributed by atoms with Crippen LogP contribution in [0.3, 0.4) is 0 Å². The normalized spacial score (nSPS) is 11.2. The predicted octanol–water partition coefficient (Wildman–Crippen LogP) is 4.87. The highest BCUT2D eigenvalue weighted by atomic mass is 32.2. The molecule has 0 atom stereocenters. The van der Waals surface area contributed by atoms with Gasteiger partial charge >= 0.3 is 0 Å². The van der Waals surface area contributed by atoms with E-state index in [1.807, 2.05) is 54.1 Å². The number of fused-ring (bicyclic) bond motifs is 1. The maximum atomic E-state index is 12.7. The number of ether oxygens (including phenoxy) is 1.